The zero-order valence-electron chi connectivity index (χ0n) is 13.6. The third-order valence-corrected chi connectivity index (χ3v) is 6.76. The van der Waals surface area contributed by atoms with Gasteiger partial charge in [-0.15, -0.1) is 11.3 Å². The van der Waals surface area contributed by atoms with Crippen LogP contribution < -0.4 is 11.3 Å². The van der Waals surface area contributed by atoms with Crippen molar-refractivity contribution in [3.05, 3.63) is 20.8 Å². The quantitative estimate of drug-likeness (QED) is 0.678. The number of thiophene rings is 1. The lowest BCUT2D eigenvalue weighted by molar-refractivity contribution is -0.117. The monoisotopic (exact) mass is 351 g/mol. The van der Waals surface area contributed by atoms with Crippen molar-refractivity contribution in [1.29, 1.82) is 0 Å². The summed E-state index contributed by atoms with van der Waals surface area (Å²) in [5, 5.41) is 0.951. The van der Waals surface area contributed by atoms with Crippen LogP contribution in [0.3, 0.4) is 0 Å². The van der Waals surface area contributed by atoms with Crippen LogP contribution in [0.5, 0.6) is 0 Å². The number of aromatic nitrogens is 2. The van der Waals surface area contributed by atoms with Gasteiger partial charge in [0, 0.05) is 10.9 Å². The molecule has 23 heavy (non-hydrogen) atoms. The Morgan fingerprint density at radius 3 is 2.65 bits per heavy atom. The number of hydrogen-bond acceptors (Lipinski definition) is 5. The summed E-state index contributed by atoms with van der Waals surface area (Å²) < 4.78 is 1.82. The summed E-state index contributed by atoms with van der Waals surface area (Å²) in [6, 6.07) is 0.182. The van der Waals surface area contributed by atoms with Crippen molar-refractivity contribution in [3.63, 3.8) is 0 Å². The fourth-order valence-electron chi connectivity index (χ4n) is 3.07. The molecule has 0 spiro atoms. The van der Waals surface area contributed by atoms with Gasteiger partial charge in [0.2, 0.25) is 5.91 Å². The Morgan fingerprint density at radius 1 is 1.39 bits per heavy atom. The summed E-state index contributed by atoms with van der Waals surface area (Å²) in [6.45, 7) is 5.75. The van der Waals surface area contributed by atoms with Crippen LogP contribution in [0.1, 0.15) is 49.1 Å². The van der Waals surface area contributed by atoms with Gasteiger partial charge in [0.1, 0.15) is 4.83 Å². The first kappa shape index (κ1) is 16.5. The molecule has 1 fully saturated rings. The molecule has 0 radical (unpaired) electrons. The van der Waals surface area contributed by atoms with Crippen LogP contribution >= 0.6 is 23.1 Å². The number of nitrogens with two attached hydrogens (primary N) is 1. The van der Waals surface area contributed by atoms with Crippen LogP contribution in [0.2, 0.25) is 0 Å². The van der Waals surface area contributed by atoms with Gasteiger partial charge in [-0.1, -0.05) is 24.6 Å². The van der Waals surface area contributed by atoms with Crippen molar-refractivity contribution < 1.29 is 4.79 Å². The van der Waals surface area contributed by atoms with Crippen LogP contribution in [-0.4, -0.2) is 20.7 Å². The first-order valence-electron chi connectivity index (χ1n) is 7.88. The highest BCUT2D eigenvalue weighted by molar-refractivity contribution is 8.00. The lowest BCUT2D eigenvalue weighted by Gasteiger charge is -2.19. The summed E-state index contributed by atoms with van der Waals surface area (Å²) >= 11 is 2.83. The van der Waals surface area contributed by atoms with Gasteiger partial charge in [-0.05, 0) is 39.2 Å². The van der Waals surface area contributed by atoms with Crippen LogP contribution in [0.4, 0.5) is 0 Å². The highest BCUT2D eigenvalue weighted by Crippen LogP contribution is 2.35. The summed E-state index contributed by atoms with van der Waals surface area (Å²) in [6.07, 6.45) is 4.25. The minimum absolute atomic E-state index is 0.0305. The van der Waals surface area contributed by atoms with Crippen LogP contribution in [0.15, 0.2) is 9.95 Å². The van der Waals surface area contributed by atoms with Crippen molar-refractivity contribution in [2.24, 2.45) is 5.73 Å². The van der Waals surface area contributed by atoms with E-state index in [1.54, 1.807) is 6.92 Å². The smallest absolute Gasteiger partial charge is 0.263 e. The number of carbonyl (C=O) groups is 1. The van der Waals surface area contributed by atoms with E-state index in [2.05, 4.69) is 0 Å². The molecule has 124 valence electrons. The third kappa shape index (κ3) is 2.92. The molecule has 0 unspecified atom stereocenters. The molecule has 1 saturated carbocycles. The molecule has 2 aromatic heterocycles. The van der Waals surface area contributed by atoms with Gasteiger partial charge >= 0.3 is 0 Å². The summed E-state index contributed by atoms with van der Waals surface area (Å²) in [5.41, 5.74) is 6.45. The van der Waals surface area contributed by atoms with E-state index >= 15 is 0 Å². The Morgan fingerprint density at radius 2 is 2.04 bits per heavy atom. The largest absolute Gasteiger partial charge is 0.369 e. The number of nitrogens with zero attached hydrogens (tertiary/aromatic N) is 2. The fourth-order valence-corrected chi connectivity index (χ4v) is 5.07. The molecule has 0 saturated heterocycles. The van der Waals surface area contributed by atoms with E-state index in [0.29, 0.717) is 5.16 Å². The molecule has 5 nitrogen and oxygen atoms in total. The van der Waals surface area contributed by atoms with Crippen LogP contribution in [0, 0.1) is 13.8 Å². The highest BCUT2D eigenvalue weighted by atomic mass is 32.2. The standard InChI is InChI=1S/C16H21N3O2S2/c1-8-9(2)22-14-12(8)15(21)19(11-6-4-5-7-11)16(18-14)23-10(3)13(17)20/h10-11H,4-7H2,1-3H3,(H2,17,20)/t10-/m0/s1. The molecule has 2 heterocycles. The fraction of sp³-hybridized carbons (Fsp3) is 0.562. The second-order valence-corrected chi connectivity index (χ2v) is 8.64. The number of aryl methyl sites for hydroxylation is 2. The number of hydrogen-bond donors (Lipinski definition) is 1. The minimum atomic E-state index is -0.408. The van der Waals surface area contributed by atoms with Gasteiger partial charge < -0.3 is 5.73 Å². The molecule has 2 N–H and O–H groups in total. The van der Waals surface area contributed by atoms with Gasteiger partial charge in [0.05, 0.1) is 10.6 Å². The van der Waals surface area contributed by atoms with Crippen LogP contribution in [-0.2, 0) is 4.79 Å². The molecular weight excluding hydrogens is 330 g/mol. The minimum Gasteiger partial charge on any atom is -0.369 e. The average Bonchev–Trinajstić information content (AvgIpc) is 3.08. The van der Waals surface area contributed by atoms with E-state index in [-0.39, 0.29) is 17.5 Å². The maximum Gasteiger partial charge on any atom is 0.263 e. The van der Waals surface area contributed by atoms with Gasteiger partial charge in [-0.25, -0.2) is 4.98 Å². The Labute approximate surface area is 143 Å². The SMILES string of the molecule is Cc1sc2nc(S[C@@H](C)C(N)=O)n(C3CCCC3)c(=O)c2c1C. The molecule has 0 bridgehead atoms. The normalized spacial score (nSPS) is 17.0. The van der Waals surface area contributed by atoms with Crippen molar-refractivity contribution in [2.45, 2.75) is 62.9 Å². The molecule has 1 amide bonds. The predicted molar refractivity (Wildman–Crippen MR) is 95.4 cm³/mol. The van der Waals surface area contributed by atoms with Crippen molar-refractivity contribution in [2.75, 3.05) is 0 Å². The van der Waals surface area contributed by atoms with E-state index in [1.807, 2.05) is 18.4 Å². The second-order valence-electron chi connectivity index (χ2n) is 6.13. The van der Waals surface area contributed by atoms with E-state index in [0.717, 1.165) is 46.3 Å². The second kappa shape index (κ2) is 6.28. The Hall–Kier alpha value is -1.34. The third-order valence-electron chi connectivity index (χ3n) is 4.58. The molecule has 1 aliphatic carbocycles. The number of thioether (sulfide) groups is 1. The summed E-state index contributed by atoms with van der Waals surface area (Å²) in [4.78, 5) is 31.2. The first-order valence-corrected chi connectivity index (χ1v) is 9.58. The average molecular weight is 351 g/mol. The zero-order valence-corrected chi connectivity index (χ0v) is 15.2. The molecule has 0 aromatic carbocycles. The molecule has 7 heteroatoms. The first-order chi connectivity index (χ1) is 10.9. The van der Waals surface area contributed by atoms with Gasteiger partial charge in [-0.2, -0.15) is 0 Å². The molecule has 0 aliphatic heterocycles. The number of carbonyl (C=O) groups excluding carboxylic acids is 1. The Balaban J connectivity index is 2.21. The Kier molecular flexibility index (Phi) is 4.51. The van der Waals surface area contributed by atoms with E-state index in [1.165, 1.54) is 23.1 Å². The molecular formula is C16H21N3O2S2. The maximum absolute atomic E-state index is 13.1. The molecule has 3 rings (SSSR count). The molecule has 1 atom stereocenters. The lowest BCUT2D eigenvalue weighted by Crippen LogP contribution is -2.29. The van der Waals surface area contributed by atoms with Gasteiger partial charge in [-0.3, -0.25) is 14.2 Å². The summed E-state index contributed by atoms with van der Waals surface area (Å²) in [5.74, 6) is -0.388. The van der Waals surface area contributed by atoms with Crippen LogP contribution in [0.25, 0.3) is 10.2 Å². The molecule has 2 aromatic rings. The highest BCUT2D eigenvalue weighted by Gasteiger charge is 2.26. The van der Waals surface area contributed by atoms with E-state index in [4.69, 9.17) is 10.7 Å². The zero-order chi connectivity index (χ0) is 16.7. The number of primary amides is 1. The predicted octanol–water partition coefficient (Wildman–Crippen LogP) is 3.16. The Bertz CT molecular complexity index is 819. The van der Waals surface area contributed by atoms with E-state index < -0.39 is 5.25 Å². The number of fused-ring (bicyclic) bond motifs is 1. The van der Waals surface area contributed by atoms with Gasteiger partial charge in [0.25, 0.3) is 5.56 Å². The number of rotatable bonds is 4. The number of amides is 1. The van der Waals surface area contributed by atoms with Crippen molar-refractivity contribution in [3.8, 4) is 0 Å². The van der Waals surface area contributed by atoms with Gasteiger partial charge in [0.15, 0.2) is 5.16 Å². The summed E-state index contributed by atoms with van der Waals surface area (Å²) in [7, 11) is 0. The lowest BCUT2D eigenvalue weighted by atomic mass is 10.2. The van der Waals surface area contributed by atoms with Crippen molar-refractivity contribution >= 4 is 39.2 Å². The van der Waals surface area contributed by atoms with E-state index in [9.17, 15) is 9.59 Å². The maximum atomic E-state index is 13.1. The molecule has 1 aliphatic rings. The van der Waals surface area contributed by atoms with Crippen molar-refractivity contribution in [1.82, 2.24) is 9.55 Å². The topological polar surface area (TPSA) is 78.0 Å².